The SMILES string of the molecule is NN(C(=O)c1ccccn1)C(=O)c1csc(-c2ccc(Cl)cc2Cl)n1. The summed E-state index contributed by atoms with van der Waals surface area (Å²) < 4.78 is 0. The van der Waals surface area contributed by atoms with Crippen LogP contribution >= 0.6 is 34.5 Å². The molecule has 2 heterocycles. The minimum Gasteiger partial charge on any atom is -0.265 e. The molecule has 0 unspecified atom stereocenters. The monoisotopic (exact) mass is 392 g/mol. The maximum atomic E-state index is 12.4. The lowest BCUT2D eigenvalue weighted by molar-refractivity contribution is 0.0609. The number of nitrogens with zero attached hydrogens (tertiary/aromatic N) is 3. The standard InChI is InChI=1S/C16H10Cl2N4O2S/c17-9-4-5-10(11(18)7-9)14-21-13(8-25-14)16(24)22(19)15(23)12-3-1-2-6-20-12/h1-8H,19H2. The molecule has 0 fully saturated rings. The van der Waals surface area contributed by atoms with Gasteiger partial charge in [0.1, 0.15) is 16.4 Å². The molecule has 25 heavy (non-hydrogen) atoms. The highest BCUT2D eigenvalue weighted by atomic mass is 35.5. The van der Waals surface area contributed by atoms with Gasteiger partial charge in [0, 0.05) is 22.2 Å². The number of imide groups is 1. The van der Waals surface area contributed by atoms with Crippen molar-refractivity contribution >= 4 is 46.4 Å². The molecule has 6 nitrogen and oxygen atoms in total. The zero-order chi connectivity index (χ0) is 18.0. The van der Waals surface area contributed by atoms with Crippen LogP contribution in [0.25, 0.3) is 10.6 Å². The van der Waals surface area contributed by atoms with Gasteiger partial charge in [0.05, 0.1) is 5.02 Å². The second-order valence-corrected chi connectivity index (χ2v) is 6.56. The van der Waals surface area contributed by atoms with Crippen LogP contribution in [0.4, 0.5) is 0 Å². The Balaban J connectivity index is 1.84. The average molecular weight is 393 g/mol. The van der Waals surface area contributed by atoms with Gasteiger partial charge in [-0.15, -0.1) is 11.3 Å². The van der Waals surface area contributed by atoms with Gasteiger partial charge < -0.3 is 0 Å². The smallest absolute Gasteiger partial charge is 0.265 e. The van der Waals surface area contributed by atoms with Gasteiger partial charge in [-0.05, 0) is 30.3 Å². The van der Waals surface area contributed by atoms with Gasteiger partial charge in [0.25, 0.3) is 11.8 Å². The first-order chi connectivity index (χ1) is 12.0. The zero-order valence-corrected chi connectivity index (χ0v) is 14.8. The Morgan fingerprint density at radius 2 is 1.84 bits per heavy atom. The van der Waals surface area contributed by atoms with Crippen LogP contribution in [0.5, 0.6) is 0 Å². The van der Waals surface area contributed by atoms with Crippen molar-refractivity contribution in [1.82, 2.24) is 15.0 Å². The van der Waals surface area contributed by atoms with Crippen molar-refractivity contribution in [3.63, 3.8) is 0 Å². The molecule has 9 heteroatoms. The Bertz CT molecular complexity index is 946. The van der Waals surface area contributed by atoms with E-state index in [9.17, 15) is 9.59 Å². The third-order valence-electron chi connectivity index (χ3n) is 3.21. The molecular formula is C16H10Cl2N4O2S. The lowest BCUT2D eigenvalue weighted by Gasteiger charge is -2.12. The van der Waals surface area contributed by atoms with E-state index in [1.54, 1.807) is 30.3 Å². The Kier molecular flexibility index (Phi) is 5.10. The summed E-state index contributed by atoms with van der Waals surface area (Å²) in [6.45, 7) is 0. The largest absolute Gasteiger partial charge is 0.294 e. The number of benzene rings is 1. The van der Waals surface area contributed by atoms with Crippen LogP contribution in [-0.2, 0) is 0 Å². The molecule has 3 aromatic rings. The van der Waals surface area contributed by atoms with Crippen molar-refractivity contribution < 1.29 is 9.59 Å². The van der Waals surface area contributed by atoms with Gasteiger partial charge in [0.2, 0.25) is 0 Å². The Labute approximate surface area is 156 Å². The molecule has 2 N–H and O–H groups in total. The first kappa shape index (κ1) is 17.5. The molecule has 2 amide bonds. The molecule has 126 valence electrons. The van der Waals surface area contributed by atoms with Crippen LogP contribution in [0, 0.1) is 0 Å². The number of thiazole rings is 1. The summed E-state index contributed by atoms with van der Waals surface area (Å²) in [5, 5.41) is 3.42. The number of hydrogen-bond donors (Lipinski definition) is 1. The molecule has 0 aliphatic carbocycles. The van der Waals surface area contributed by atoms with Gasteiger partial charge in [-0.1, -0.05) is 29.3 Å². The summed E-state index contributed by atoms with van der Waals surface area (Å²) in [7, 11) is 0. The van der Waals surface area contributed by atoms with Gasteiger partial charge in [0.15, 0.2) is 0 Å². The average Bonchev–Trinajstić information content (AvgIpc) is 3.10. The Morgan fingerprint density at radius 1 is 1.08 bits per heavy atom. The Morgan fingerprint density at radius 3 is 2.52 bits per heavy atom. The third kappa shape index (κ3) is 3.69. The van der Waals surface area contributed by atoms with Crippen LogP contribution in [0.1, 0.15) is 21.0 Å². The summed E-state index contributed by atoms with van der Waals surface area (Å²) in [5.41, 5.74) is 0.738. The van der Waals surface area contributed by atoms with Crippen LogP contribution < -0.4 is 5.84 Å². The molecule has 0 radical (unpaired) electrons. The molecule has 0 saturated carbocycles. The number of halogens is 2. The fourth-order valence-electron chi connectivity index (χ4n) is 1.99. The van der Waals surface area contributed by atoms with E-state index in [1.807, 2.05) is 0 Å². The highest BCUT2D eigenvalue weighted by Crippen LogP contribution is 2.32. The fourth-order valence-corrected chi connectivity index (χ4v) is 3.37. The van der Waals surface area contributed by atoms with Gasteiger partial charge in [-0.2, -0.15) is 0 Å². The van der Waals surface area contributed by atoms with Crippen LogP contribution in [-0.4, -0.2) is 26.8 Å². The molecule has 3 rings (SSSR count). The van der Waals surface area contributed by atoms with E-state index in [4.69, 9.17) is 29.0 Å². The fraction of sp³-hybridized carbons (Fsp3) is 0. The normalized spacial score (nSPS) is 10.5. The van der Waals surface area contributed by atoms with Crippen molar-refractivity contribution in [3.05, 3.63) is 69.4 Å². The number of carbonyl (C=O) groups is 2. The van der Waals surface area contributed by atoms with E-state index < -0.39 is 11.8 Å². The third-order valence-corrected chi connectivity index (χ3v) is 4.63. The molecule has 0 bridgehead atoms. The topological polar surface area (TPSA) is 89.2 Å². The summed E-state index contributed by atoms with van der Waals surface area (Å²) >= 11 is 13.2. The molecule has 0 aliphatic rings. The van der Waals surface area contributed by atoms with Crippen molar-refractivity contribution in [1.29, 1.82) is 0 Å². The highest BCUT2D eigenvalue weighted by Gasteiger charge is 2.24. The number of hydrazine groups is 1. The zero-order valence-electron chi connectivity index (χ0n) is 12.5. The predicted octanol–water partition coefficient (Wildman–Crippen LogP) is 3.67. The molecule has 2 aromatic heterocycles. The quantitative estimate of drug-likeness (QED) is 0.317. The predicted molar refractivity (Wildman–Crippen MR) is 96.5 cm³/mol. The second kappa shape index (κ2) is 7.28. The summed E-state index contributed by atoms with van der Waals surface area (Å²) in [6.07, 6.45) is 1.44. The summed E-state index contributed by atoms with van der Waals surface area (Å²) in [6, 6.07) is 9.71. The lowest BCUT2D eigenvalue weighted by atomic mass is 10.2. The summed E-state index contributed by atoms with van der Waals surface area (Å²) in [5.74, 6) is 4.19. The first-order valence-corrected chi connectivity index (χ1v) is 8.56. The number of aromatic nitrogens is 2. The molecule has 0 aliphatic heterocycles. The first-order valence-electron chi connectivity index (χ1n) is 6.93. The van der Waals surface area contributed by atoms with Gasteiger partial charge in [-0.3, -0.25) is 14.6 Å². The number of rotatable bonds is 3. The van der Waals surface area contributed by atoms with Gasteiger partial charge in [-0.25, -0.2) is 15.8 Å². The van der Waals surface area contributed by atoms with Crippen LogP contribution in [0.15, 0.2) is 48.0 Å². The highest BCUT2D eigenvalue weighted by molar-refractivity contribution is 7.13. The van der Waals surface area contributed by atoms with E-state index in [0.717, 1.165) is 0 Å². The Hall–Kier alpha value is -2.32. The van der Waals surface area contributed by atoms with Crippen molar-refractivity contribution in [2.75, 3.05) is 0 Å². The molecule has 0 atom stereocenters. The number of hydrogen-bond acceptors (Lipinski definition) is 6. The second-order valence-electron chi connectivity index (χ2n) is 4.86. The van der Waals surface area contributed by atoms with Crippen LogP contribution in [0.3, 0.4) is 0 Å². The number of carbonyl (C=O) groups excluding carboxylic acids is 2. The number of pyridine rings is 1. The molecule has 1 aromatic carbocycles. The van der Waals surface area contributed by atoms with E-state index in [0.29, 0.717) is 25.6 Å². The van der Waals surface area contributed by atoms with E-state index >= 15 is 0 Å². The minimum atomic E-state index is -0.733. The molecule has 0 saturated heterocycles. The van der Waals surface area contributed by atoms with Crippen molar-refractivity contribution in [2.24, 2.45) is 5.84 Å². The van der Waals surface area contributed by atoms with Crippen LogP contribution in [0.2, 0.25) is 10.0 Å². The van der Waals surface area contributed by atoms with E-state index in [1.165, 1.54) is 29.0 Å². The number of nitrogens with two attached hydrogens (primary N) is 1. The van der Waals surface area contributed by atoms with Gasteiger partial charge >= 0.3 is 0 Å². The van der Waals surface area contributed by atoms with E-state index in [-0.39, 0.29) is 11.4 Å². The van der Waals surface area contributed by atoms with Crippen molar-refractivity contribution in [3.8, 4) is 10.6 Å². The molecular weight excluding hydrogens is 383 g/mol. The maximum absolute atomic E-state index is 12.4. The minimum absolute atomic E-state index is 0.0396. The summed E-state index contributed by atoms with van der Waals surface area (Å²) in [4.78, 5) is 32.7. The van der Waals surface area contributed by atoms with Crippen molar-refractivity contribution in [2.45, 2.75) is 0 Å². The maximum Gasteiger partial charge on any atom is 0.294 e. The van der Waals surface area contributed by atoms with E-state index in [2.05, 4.69) is 9.97 Å². The number of amides is 2. The molecule has 0 spiro atoms. The lowest BCUT2D eigenvalue weighted by Crippen LogP contribution is -2.43.